The van der Waals surface area contributed by atoms with E-state index in [1.807, 2.05) is 59.5 Å². The summed E-state index contributed by atoms with van der Waals surface area (Å²) >= 11 is 1.48. The van der Waals surface area contributed by atoms with Gasteiger partial charge in [0.2, 0.25) is 0 Å². The van der Waals surface area contributed by atoms with Crippen LogP contribution in [0.2, 0.25) is 0 Å². The smallest absolute Gasteiger partial charge is 0.267 e. The summed E-state index contributed by atoms with van der Waals surface area (Å²) in [5.41, 5.74) is 5.10. The first-order chi connectivity index (χ1) is 19.0. The van der Waals surface area contributed by atoms with Gasteiger partial charge in [0.25, 0.3) is 5.91 Å². The summed E-state index contributed by atoms with van der Waals surface area (Å²) in [5.74, 6) is 0.242. The molecular weight excluding hydrogens is 505 g/mol. The summed E-state index contributed by atoms with van der Waals surface area (Å²) < 4.78 is 15.8. The SMILES string of the molecule is Cc1c(/C=C2\SC(=Nc3ccccc3)N([C@H]3CCCC[C@H]3C)C2=O)c2ccccc2n1Cc1ccc(F)cc1. The van der Waals surface area contributed by atoms with Gasteiger partial charge in [0.15, 0.2) is 5.17 Å². The highest BCUT2D eigenvalue weighted by Crippen LogP contribution is 2.41. The van der Waals surface area contributed by atoms with Gasteiger partial charge >= 0.3 is 0 Å². The highest BCUT2D eigenvalue weighted by molar-refractivity contribution is 8.18. The molecule has 1 aromatic heterocycles. The lowest BCUT2D eigenvalue weighted by Crippen LogP contribution is -2.44. The van der Waals surface area contributed by atoms with Gasteiger partial charge in [-0.15, -0.1) is 0 Å². The summed E-state index contributed by atoms with van der Waals surface area (Å²) in [6.45, 7) is 4.99. The summed E-state index contributed by atoms with van der Waals surface area (Å²) in [6.07, 6.45) is 6.54. The first-order valence-electron chi connectivity index (χ1n) is 13.7. The van der Waals surface area contributed by atoms with Crippen LogP contribution < -0.4 is 0 Å². The third-order valence-electron chi connectivity index (χ3n) is 8.02. The molecule has 6 rings (SSSR count). The monoisotopic (exact) mass is 537 g/mol. The molecule has 4 nitrogen and oxygen atoms in total. The van der Waals surface area contributed by atoms with Crippen molar-refractivity contribution in [3.63, 3.8) is 0 Å². The molecule has 39 heavy (non-hydrogen) atoms. The molecule has 2 heterocycles. The molecule has 0 spiro atoms. The fraction of sp³-hybridized carbons (Fsp3) is 0.273. The zero-order valence-corrected chi connectivity index (χ0v) is 23.1. The lowest BCUT2D eigenvalue weighted by molar-refractivity contribution is -0.124. The first-order valence-corrected chi connectivity index (χ1v) is 14.5. The Morgan fingerprint density at radius 1 is 0.974 bits per heavy atom. The number of halogens is 1. The van der Waals surface area contributed by atoms with Crippen molar-refractivity contribution in [2.75, 3.05) is 0 Å². The maximum absolute atomic E-state index is 14.0. The van der Waals surface area contributed by atoms with Crippen LogP contribution in [0, 0.1) is 18.7 Å². The van der Waals surface area contributed by atoms with E-state index in [1.54, 1.807) is 0 Å². The minimum atomic E-state index is -0.236. The molecule has 1 aliphatic heterocycles. The van der Waals surface area contributed by atoms with Gasteiger partial charge in [-0.25, -0.2) is 9.38 Å². The molecule has 1 saturated carbocycles. The third-order valence-corrected chi connectivity index (χ3v) is 9.01. The second-order valence-corrected chi connectivity index (χ2v) is 11.6. The Morgan fingerprint density at radius 2 is 1.69 bits per heavy atom. The molecule has 4 aromatic rings. The zero-order chi connectivity index (χ0) is 26.9. The summed E-state index contributed by atoms with van der Waals surface area (Å²) in [6, 6.07) is 25.0. The van der Waals surface area contributed by atoms with Crippen molar-refractivity contribution in [3.05, 3.63) is 106 Å². The van der Waals surface area contributed by atoms with Crippen LogP contribution in [0.5, 0.6) is 0 Å². The van der Waals surface area contributed by atoms with E-state index in [2.05, 4.69) is 36.6 Å². The Bertz CT molecular complexity index is 1570. The van der Waals surface area contributed by atoms with E-state index >= 15 is 0 Å². The highest BCUT2D eigenvalue weighted by atomic mass is 32.2. The van der Waals surface area contributed by atoms with Crippen LogP contribution in [0.15, 0.2) is 88.8 Å². The van der Waals surface area contributed by atoms with Gasteiger partial charge in [-0.3, -0.25) is 9.69 Å². The van der Waals surface area contributed by atoms with Crippen molar-refractivity contribution in [1.82, 2.24) is 9.47 Å². The lowest BCUT2D eigenvalue weighted by Gasteiger charge is -2.35. The van der Waals surface area contributed by atoms with Gasteiger partial charge in [-0.05, 0) is 79.4 Å². The molecule has 3 aromatic carbocycles. The molecule has 2 fully saturated rings. The number of benzene rings is 3. The first kappa shape index (κ1) is 25.6. The molecule has 1 aliphatic carbocycles. The maximum atomic E-state index is 14.0. The molecule has 198 valence electrons. The highest BCUT2D eigenvalue weighted by Gasteiger charge is 2.41. The number of carbonyl (C=O) groups excluding carboxylic acids is 1. The number of para-hydroxylation sites is 2. The average molecular weight is 538 g/mol. The largest absolute Gasteiger partial charge is 0.340 e. The molecule has 0 N–H and O–H groups in total. The van der Waals surface area contributed by atoms with E-state index in [0.717, 1.165) is 57.8 Å². The number of thioether (sulfide) groups is 1. The van der Waals surface area contributed by atoms with Crippen molar-refractivity contribution in [2.45, 2.75) is 52.1 Å². The van der Waals surface area contributed by atoms with Crippen LogP contribution in [0.25, 0.3) is 17.0 Å². The number of aliphatic imine (C=N–C) groups is 1. The minimum Gasteiger partial charge on any atom is -0.340 e. The molecule has 1 amide bonds. The number of aromatic nitrogens is 1. The van der Waals surface area contributed by atoms with Crippen molar-refractivity contribution in [2.24, 2.45) is 10.9 Å². The minimum absolute atomic E-state index is 0.0446. The lowest BCUT2D eigenvalue weighted by atomic mass is 9.85. The standard InChI is InChI=1S/C33H32FN3OS/c1-22-10-6-8-14-29(22)37-32(38)31(39-33(37)35-26-11-4-3-5-12-26)20-28-23(2)36(30-15-9-7-13-27(28)30)21-24-16-18-25(34)19-17-24/h3-5,7,9,11-13,15-20,22,29H,6,8,10,14,21H2,1-2H3/b31-20-,35-33?/t22-,29+/m1/s1. The van der Waals surface area contributed by atoms with Gasteiger partial charge in [-0.2, -0.15) is 0 Å². The van der Waals surface area contributed by atoms with Gasteiger partial charge in [-0.1, -0.05) is 68.3 Å². The van der Waals surface area contributed by atoms with Gasteiger partial charge in [0.05, 0.1) is 10.6 Å². The van der Waals surface area contributed by atoms with Gasteiger partial charge in [0, 0.05) is 34.7 Å². The quantitative estimate of drug-likeness (QED) is 0.240. The molecular formula is C33H32FN3OS. The van der Waals surface area contributed by atoms with Crippen LogP contribution in [0.4, 0.5) is 10.1 Å². The van der Waals surface area contributed by atoms with E-state index in [-0.39, 0.29) is 17.8 Å². The topological polar surface area (TPSA) is 37.6 Å². The maximum Gasteiger partial charge on any atom is 0.267 e. The van der Waals surface area contributed by atoms with E-state index < -0.39 is 0 Å². The average Bonchev–Trinajstić information content (AvgIpc) is 3.39. The number of amides is 1. The fourth-order valence-corrected chi connectivity index (χ4v) is 6.92. The van der Waals surface area contributed by atoms with E-state index in [1.165, 1.54) is 30.3 Å². The van der Waals surface area contributed by atoms with Crippen LogP contribution in [0.1, 0.15) is 49.4 Å². The molecule has 2 aliphatic rings. The Balaban J connectivity index is 1.42. The third kappa shape index (κ3) is 5.06. The van der Waals surface area contributed by atoms with Crippen molar-refractivity contribution >= 4 is 45.5 Å². The molecule has 0 unspecified atom stereocenters. The number of carbonyl (C=O) groups is 1. The van der Waals surface area contributed by atoms with Crippen LogP contribution >= 0.6 is 11.8 Å². The van der Waals surface area contributed by atoms with Crippen LogP contribution in [-0.2, 0) is 11.3 Å². The Labute approximate surface area is 233 Å². The molecule has 0 bridgehead atoms. The van der Waals surface area contributed by atoms with Crippen LogP contribution in [-0.4, -0.2) is 26.6 Å². The second kappa shape index (κ2) is 10.9. The van der Waals surface area contributed by atoms with Crippen molar-refractivity contribution < 1.29 is 9.18 Å². The van der Waals surface area contributed by atoms with Crippen molar-refractivity contribution in [3.8, 4) is 0 Å². The van der Waals surface area contributed by atoms with E-state index in [4.69, 9.17) is 4.99 Å². The Kier molecular flexibility index (Phi) is 7.13. The molecule has 6 heteroatoms. The van der Waals surface area contributed by atoms with E-state index in [9.17, 15) is 9.18 Å². The molecule has 1 saturated heterocycles. The molecule has 0 radical (unpaired) electrons. The number of hydrogen-bond acceptors (Lipinski definition) is 3. The van der Waals surface area contributed by atoms with Crippen molar-refractivity contribution in [1.29, 1.82) is 0 Å². The number of amidine groups is 1. The second-order valence-electron chi connectivity index (χ2n) is 10.6. The summed E-state index contributed by atoms with van der Waals surface area (Å²) in [4.78, 5) is 21.7. The predicted molar refractivity (Wildman–Crippen MR) is 160 cm³/mol. The zero-order valence-electron chi connectivity index (χ0n) is 22.3. The predicted octanol–water partition coefficient (Wildman–Crippen LogP) is 8.32. The summed E-state index contributed by atoms with van der Waals surface area (Å²) in [7, 11) is 0. The Hall–Kier alpha value is -3.64. The van der Waals surface area contributed by atoms with Gasteiger partial charge < -0.3 is 4.57 Å². The molecule has 2 atom stereocenters. The fourth-order valence-electron chi connectivity index (χ4n) is 5.90. The number of nitrogens with zero attached hydrogens (tertiary/aromatic N) is 3. The van der Waals surface area contributed by atoms with Crippen LogP contribution in [0.3, 0.4) is 0 Å². The number of hydrogen-bond donors (Lipinski definition) is 0. The van der Waals surface area contributed by atoms with Gasteiger partial charge in [0.1, 0.15) is 5.82 Å². The summed E-state index contributed by atoms with van der Waals surface area (Å²) in [5, 5.41) is 1.87. The van der Waals surface area contributed by atoms with E-state index in [0.29, 0.717) is 17.4 Å². The normalized spacial score (nSPS) is 21.9. The Morgan fingerprint density at radius 3 is 2.46 bits per heavy atom. The number of fused-ring (bicyclic) bond motifs is 1. The number of rotatable bonds is 5.